The number of aryl methyl sites for hydroxylation is 1. The van der Waals surface area contributed by atoms with Gasteiger partial charge in [0.05, 0.1) is 6.04 Å². The number of hydrogen-bond donors (Lipinski definition) is 1. The van der Waals surface area contributed by atoms with Gasteiger partial charge in [-0.25, -0.2) is 0 Å². The highest BCUT2D eigenvalue weighted by Gasteiger charge is 2.14. The zero-order valence-corrected chi connectivity index (χ0v) is 11.2. The third-order valence-electron chi connectivity index (χ3n) is 2.46. The highest BCUT2D eigenvalue weighted by atomic mass is 32.1. The van der Waals surface area contributed by atoms with Crippen molar-refractivity contribution in [2.45, 2.75) is 33.2 Å². The molecule has 2 rings (SSSR count). The van der Waals surface area contributed by atoms with Crippen LogP contribution in [0.4, 0.5) is 0 Å². The molecule has 17 heavy (non-hydrogen) atoms. The lowest BCUT2D eigenvalue weighted by Gasteiger charge is -2.08. The minimum Gasteiger partial charge on any atom is -0.459 e. The molecule has 0 aliphatic carbocycles. The summed E-state index contributed by atoms with van der Waals surface area (Å²) in [5.41, 5.74) is 0. The Morgan fingerprint density at radius 1 is 1.41 bits per heavy atom. The van der Waals surface area contributed by atoms with Gasteiger partial charge in [-0.3, -0.25) is 0 Å². The summed E-state index contributed by atoms with van der Waals surface area (Å²) in [6.45, 7) is 7.18. The van der Waals surface area contributed by atoms with E-state index in [9.17, 15) is 0 Å². The first-order chi connectivity index (χ1) is 8.20. The Morgan fingerprint density at radius 2 is 2.24 bits per heavy atom. The minimum atomic E-state index is 0.247. The molecule has 0 spiro atoms. The summed E-state index contributed by atoms with van der Waals surface area (Å²) in [5, 5.41) is 13.6. The predicted molar refractivity (Wildman–Crippen MR) is 69.1 cm³/mol. The van der Waals surface area contributed by atoms with E-state index in [-0.39, 0.29) is 6.04 Å². The molecule has 0 bridgehead atoms. The average molecular weight is 251 g/mol. The molecule has 1 atom stereocenters. The van der Waals surface area contributed by atoms with Crippen LogP contribution >= 0.6 is 11.3 Å². The van der Waals surface area contributed by atoms with Gasteiger partial charge in [-0.1, -0.05) is 18.3 Å². The topological polar surface area (TPSA) is 51.0 Å². The van der Waals surface area contributed by atoms with Gasteiger partial charge in [-0.05, 0) is 38.9 Å². The molecule has 2 aromatic rings. The molecular weight excluding hydrogens is 234 g/mol. The van der Waals surface area contributed by atoms with E-state index in [0.717, 1.165) is 34.5 Å². The van der Waals surface area contributed by atoms with Crippen molar-refractivity contribution in [3.63, 3.8) is 0 Å². The van der Waals surface area contributed by atoms with E-state index in [4.69, 9.17) is 4.42 Å². The molecule has 2 heterocycles. The Labute approximate surface area is 105 Å². The van der Waals surface area contributed by atoms with Crippen LogP contribution < -0.4 is 5.32 Å². The highest BCUT2D eigenvalue weighted by molar-refractivity contribution is 7.14. The van der Waals surface area contributed by atoms with E-state index in [0.29, 0.717) is 0 Å². The summed E-state index contributed by atoms with van der Waals surface area (Å²) < 4.78 is 5.53. The first kappa shape index (κ1) is 12.3. The van der Waals surface area contributed by atoms with Crippen LogP contribution in [0.5, 0.6) is 0 Å². The summed E-state index contributed by atoms with van der Waals surface area (Å²) in [7, 11) is 0. The molecule has 5 heteroatoms. The van der Waals surface area contributed by atoms with E-state index in [1.165, 1.54) is 0 Å². The summed E-state index contributed by atoms with van der Waals surface area (Å²) in [6.07, 6.45) is 1.12. The van der Waals surface area contributed by atoms with Crippen LogP contribution in [0.1, 0.15) is 37.1 Å². The molecule has 1 N–H and O–H groups in total. The average Bonchev–Trinajstić information content (AvgIpc) is 2.93. The normalized spacial score (nSPS) is 12.9. The predicted octanol–water partition coefficient (Wildman–Crippen LogP) is 3.17. The third-order valence-corrected chi connectivity index (χ3v) is 3.58. The van der Waals surface area contributed by atoms with Crippen LogP contribution in [-0.4, -0.2) is 16.7 Å². The van der Waals surface area contributed by atoms with Gasteiger partial charge in [-0.15, -0.1) is 10.2 Å². The van der Waals surface area contributed by atoms with Crippen LogP contribution in [0.25, 0.3) is 10.8 Å². The van der Waals surface area contributed by atoms with Gasteiger partial charge < -0.3 is 9.73 Å². The molecule has 1 unspecified atom stereocenters. The van der Waals surface area contributed by atoms with Gasteiger partial charge in [0.15, 0.2) is 10.8 Å². The van der Waals surface area contributed by atoms with E-state index >= 15 is 0 Å². The van der Waals surface area contributed by atoms with Crippen molar-refractivity contribution in [1.29, 1.82) is 0 Å². The van der Waals surface area contributed by atoms with Crippen LogP contribution in [0, 0.1) is 6.92 Å². The van der Waals surface area contributed by atoms with Crippen LogP contribution in [0.15, 0.2) is 16.5 Å². The van der Waals surface area contributed by atoms with Gasteiger partial charge in [0.25, 0.3) is 0 Å². The van der Waals surface area contributed by atoms with Crippen molar-refractivity contribution in [3.05, 3.63) is 22.9 Å². The van der Waals surface area contributed by atoms with Gasteiger partial charge in [0.2, 0.25) is 0 Å². The lowest BCUT2D eigenvalue weighted by Crippen LogP contribution is -2.18. The molecule has 0 aliphatic rings. The Balaban J connectivity index is 2.10. The lowest BCUT2D eigenvalue weighted by molar-refractivity contribution is 0.546. The first-order valence-electron chi connectivity index (χ1n) is 5.84. The highest BCUT2D eigenvalue weighted by Crippen LogP contribution is 2.27. The van der Waals surface area contributed by atoms with Crippen molar-refractivity contribution in [1.82, 2.24) is 15.5 Å². The SMILES string of the molecule is CCCNC(C)c1nnc(-c2ccc(C)o2)s1. The van der Waals surface area contributed by atoms with Gasteiger partial charge in [0.1, 0.15) is 10.8 Å². The van der Waals surface area contributed by atoms with Gasteiger partial charge >= 0.3 is 0 Å². The quantitative estimate of drug-likeness (QED) is 0.886. The molecule has 0 amide bonds. The molecule has 0 aromatic carbocycles. The summed E-state index contributed by atoms with van der Waals surface area (Å²) in [5.74, 6) is 1.70. The van der Waals surface area contributed by atoms with Gasteiger partial charge in [-0.2, -0.15) is 0 Å². The number of furan rings is 1. The van der Waals surface area contributed by atoms with E-state index in [2.05, 4.69) is 29.4 Å². The first-order valence-corrected chi connectivity index (χ1v) is 6.66. The number of nitrogens with zero attached hydrogens (tertiary/aromatic N) is 2. The van der Waals surface area contributed by atoms with Crippen molar-refractivity contribution in [3.8, 4) is 10.8 Å². The second-order valence-corrected chi connectivity index (χ2v) is 5.04. The smallest absolute Gasteiger partial charge is 0.183 e. The van der Waals surface area contributed by atoms with Crippen molar-refractivity contribution < 1.29 is 4.42 Å². The number of hydrogen-bond acceptors (Lipinski definition) is 5. The van der Waals surface area contributed by atoms with Crippen LogP contribution in [0.3, 0.4) is 0 Å². The van der Waals surface area contributed by atoms with Crippen LogP contribution in [0.2, 0.25) is 0 Å². The fraction of sp³-hybridized carbons (Fsp3) is 0.500. The Hall–Kier alpha value is -1.20. The fourth-order valence-electron chi connectivity index (χ4n) is 1.51. The molecule has 0 saturated heterocycles. The molecule has 0 saturated carbocycles. The third kappa shape index (κ3) is 2.92. The monoisotopic (exact) mass is 251 g/mol. The summed E-state index contributed by atoms with van der Waals surface area (Å²) >= 11 is 1.58. The molecule has 92 valence electrons. The van der Waals surface area contributed by atoms with E-state index in [1.54, 1.807) is 11.3 Å². The Bertz CT molecular complexity index is 478. The van der Waals surface area contributed by atoms with Crippen molar-refractivity contribution in [2.75, 3.05) is 6.54 Å². The second-order valence-electron chi connectivity index (χ2n) is 4.03. The fourth-order valence-corrected chi connectivity index (χ4v) is 2.34. The molecule has 2 aromatic heterocycles. The second kappa shape index (κ2) is 5.42. The van der Waals surface area contributed by atoms with E-state index < -0.39 is 0 Å². The van der Waals surface area contributed by atoms with E-state index in [1.807, 2.05) is 19.1 Å². The number of rotatable bonds is 5. The number of aromatic nitrogens is 2. The zero-order chi connectivity index (χ0) is 12.3. The molecule has 0 aliphatic heterocycles. The minimum absolute atomic E-state index is 0.247. The maximum absolute atomic E-state index is 5.53. The summed E-state index contributed by atoms with van der Waals surface area (Å²) in [4.78, 5) is 0. The van der Waals surface area contributed by atoms with Crippen molar-refractivity contribution >= 4 is 11.3 Å². The maximum atomic E-state index is 5.53. The standard InChI is InChI=1S/C12H17N3OS/c1-4-7-13-9(3)11-14-15-12(17-11)10-6-5-8(2)16-10/h5-6,9,13H,4,7H2,1-3H3. The Morgan fingerprint density at radius 3 is 2.88 bits per heavy atom. The Kier molecular flexibility index (Phi) is 3.91. The largest absolute Gasteiger partial charge is 0.459 e. The van der Waals surface area contributed by atoms with Crippen molar-refractivity contribution in [2.24, 2.45) is 0 Å². The van der Waals surface area contributed by atoms with Gasteiger partial charge in [0, 0.05) is 0 Å². The molecule has 0 fully saturated rings. The molecular formula is C12H17N3OS. The number of nitrogens with one attached hydrogen (secondary N) is 1. The lowest BCUT2D eigenvalue weighted by atomic mass is 10.3. The molecule has 4 nitrogen and oxygen atoms in total. The summed E-state index contributed by atoms with van der Waals surface area (Å²) in [6, 6.07) is 4.12. The molecule has 0 radical (unpaired) electrons. The zero-order valence-electron chi connectivity index (χ0n) is 10.4. The van der Waals surface area contributed by atoms with Crippen LogP contribution in [-0.2, 0) is 0 Å². The maximum Gasteiger partial charge on any atom is 0.183 e.